The molecule has 0 fully saturated rings. The van der Waals surface area contributed by atoms with Gasteiger partial charge in [-0.15, -0.1) is 0 Å². The summed E-state index contributed by atoms with van der Waals surface area (Å²) in [6.07, 6.45) is 0. The predicted octanol–water partition coefficient (Wildman–Crippen LogP) is 3.42. The zero-order valence-corrected chi connectivity index (χ0v) is 14.1. The van der Waals surface area contributed by atoms with Crippen molar-refractivity contribution in [2.45, 2.75) is 12.1 Å². The lowest BCUT2D eigenvalue weighted by Crippen LogP contribution is -2.29. The Kier molecular flexibility index (Phi) is 5.38. The zero-order valence-electron chi connectivity index (χ0n) is 13.3. The van der Waals surface area contributed by atoms with Crippen molar-refractivity contribution < 1.29 is 13.9 Å². The first-order valence-corrected chi connectivity index (χ1v) is 8.64. The number of thioether (sulfide) groups is 1. The summed E-state index contributed by atoms with van der Waals surface area (Å²) in [5.74, 6) is 0.997. The van der Waals surface area contributed by atoms with Crippen molar-refractivity contribution in [3.63, 3.8) is 0 Å². The van der Waals surface area contributed by atoms with E-state index in [2.05, 4.69) is 10.3 Å². The minimum Gasteiger partial charge on any atom is -0.492 e. The zero-order chi connectivity index (χ0) is 16.8. The fourth-order valence-corrected chi connectivity index (χ4v) is 2.82. The first-order valence-electron chi connectivity index (χ1n) is 7.65. The van der Waals surface area contributed by atoms with Gasteiger partial charge in [-0.2, -0.15) is 0 Å². The summed E-state index contributed by atoms with van der Waals surface area (Å²) in [7, 11) is 0. The molecule has 0 aliphatic carbocycles. The van der Waals surface area contributed by atoms with Gasteiger partial charge in [0.1, 0.15) is 17.9 Å². The number of hydrogen-bond donors (Lipinski definition) is 1. The molecule has 0 unspecified atom stereocenters. The molecular weight excluding hydrogens is 324 g/mol. The third-order valence-corrected chi connectivity index (χ3v) is 4.11. The van der Waals surface area contributed by atoms with Gasteiger partial charge >= 0.3 is 0 Å². The van der Waals surface area contributed by atoms with Gasteiger partial charge in [0.25, 0.3) is 5.22 Å². The Hall–Kier alpha value is -2.47. The summed E-state index contributed by atoms with van der Waals surface area (Å²) >= 11 is 1.28. The number of nitrogens with one attached hydrogen (secondary N) is 1. The van der Waals surface area contributed by atoms with E-state index in [1.54, 1.807) is 0 Å². The fraction of sp³-hybridized carbons (Fsp3) is 0.222. The summed E-state index contributed by atoms with van der Waals surface area (Å²) in [6, 6.07) is 15.4. The molecule has 24 heavy (non-hydrogen) atoms. The molecular formula is C18H18N2O3S. The van der Waals surface area contributed by atoms with Crippen LogP contribution in [-0.2, 0) is 4.79 Å². The summed E-state index contributed by atoms with van der Waals surface area (Å²) in [4.78, 5) is 16.2. The van der Waals surface area contributed by atoms with Crippen LogP contribution in [0.25, 0.3) is 11.1 Å². The van der Waals surface area contributed by atoms with E-state index >= 15 is 0 Å². The van der Waals surface area contributed by atoms with Gasteiger partial charge in [0.15, 0.2) is 5.58 Å². The number of para-hydroxylation sites is 2. The first kappa shape index (κ1) is 16.4. The van der Waals surface area contributed by atoms with Crippen LogP contribution in [0.1, 0.15) is 5.56 Å². The molecule has 124 valence electrons. The molecule has 1 heterocycles. The molecule has 3 aromatic rings. The highest BCUT2D eigenvalue weighted by molar-refractivity contribution is 7.99. The Morgan fingerprint density at radius 2 is 2.12 bits per heavy atom. The Labute approximate surface area is 144 Å². The maximum Gasteiger partial charge on any atom is 0.257 e. The number of amides is 1. The van der Waals surface area contributed by atoms with Crippen molar-refractivity contribution in [1.82, 2.24) is 10.3 Å². The standard InChI is InChI=1S/C18H18N2O3S/c1-13-5-4-6-14(11-13)22-10-9-19-17(21)12-24-18-20-15-7-2-3-8-16(15)23-18/h2-8,11H,9-10,12H2,1H3,(H,19,21). The van der Waals surface area contributed by atoms with E-state index in [0.717, 1.165) is 22.4 Å². The van der Waals surface area contributed by atoms with Crippen LogP contribution in [-0.4, -0.2) is 29.8 Å². The van der Waals surface area contributed by atoms with Gasteiger partial charge in [-0.3, -0.25) is 4.79 Å². The number of oxazole rings is 1. The van der Waals surface area contributed by atoms with Gasteiger partial charge < -0.3 is 14.5 Å². The van der Waals surface area contributed by atoms with Gasteiger partial charge in [0, 0.05) is 0 Å². The summed E-state index contributed by atoms with van der Waals surface area (Å²) in [5, 5.41) is 3.32. The second-order valence-corrected chi connectivity index (χ2v) is 6.18. The topological polar surface area (TPSA) is 64.4 Å². The van der Waals surface area contributed by atoms with E-state index < -0.39 is 0 Å². The Morgan fingerprint density at radius 1 is 1.25 bits per heavy atom. The number of carbonyl (C=O) groups excluding carboxylic acids is 1. The van der Waals surface area contributed by atoms with E-state index in [0.29, 0.717) is 18.4 Å². The van der Waals surface area contributed by atoms with Crippen LogP contribution in [0.2, 0.25) is 0 Å². The molecule has 0 saturated heterocycles. The molecule has 2 aromatic carbocycles. The average molecular weight is 342 g/mol. The van der Waals surface area contributed by atoms with E-state index in [-0.39, 0.29) is 11.7 Å². The third-order valence-electron chi connectivity index (χ3n) is 3.28. The average Bonchev–Trinajstić information content (AvgIpc) is 3.00. The fourth-order valence-electron chi connectivity index (χ4n) is 2.16. The quantitative estimate of drug-likeness (QED) is 0.526. The molecule has 1 aromatic heterocycles. The number of aromatic nitrogens is 1. The minimum absolute atomic E-state index is 0.0740. The summed E-state index contributed by atoms with van der Waals surface area (Å²) < 4.78 is 11.1. The SMILES string of the molecule is Cc1cccc(OCCNC(=O)CSc2nc3ccccc3o2)c1. The Bertz CT molecular complexity index is 799. The molecule has 0 saturated carbocycles. The second-order valence-electron chi connectivity index (χ2n) is 5.25. The number of carbonyl (C=O) groups is 1. The normalized spacial score (nSPS) is 10.7. The van der Waals surface area contributed by atoms with Gasteiger partial charge in [0.2, 0.25) is 5.91 Å². The molecule has 0 atom stereocenters. The number of benzene rings is 2. The Balaban J connectivity index is 1.38. The van der Waals surface area contributed by atoms with Crippen molar-refractivity contribution in [3.8, 4) is 5.75 Å². The molecule has 3 rings (SSSR count). The highest BCUT2D eigenvalue weighted by Crippen LogP contribution is 2.22. The maximum atomic E-state index is 11.8. The van der Waals surface area contributed by atoms with Gasteiger partial charge in [0.05, 0.1) is 12.3 Å². The first-order chi connectivity index (χ1) is 11.7. The van der Waals surface area contributed by atoms with Crippen molar-refractivity contribution in [3.05, 3.63) is 54.1 Å². The van der Waals surface area contributed by atoms with E-state index in [4.69, 9.17) is 9.15 Å². The van der Waals surface area contributed by atoms with Crippen LogP contribution in [0.3, 0.4) is 0 Å². The van der Waals surface area contributed by atoms with Gasteiger partial charge in [-0.05, 0) is 36.8 Å². The molecule has 6 heteroatoms. The van der Waals surface area contributed by atoms with Crippen LogP contribution in [0.15, 0.2) is 58.2 Å². The highest BCUT2D eigenvalue weighted by Gasteiger charge is 2.08. The molecule has 0 spiro atoms. The molecule has 0 radical (unpaired) electrons. The molecule has 0 bridgehead atoms. The molecule has 1 N–H and O–H groups in total. The van der Waals surface area contributed by atoms with Crippen molar-refractivity contribution in [1.29, 1.82) is 0 Å². The van der Waals surface area contributed by atoms with Gasteiger partial charge in [-0.25, -0.2) is 4.98 Å². The smallest absolute Gasteiger partial charge is 0.257 e. The lowest BCUT2D eigenvalue weighted by molar-refractivity contribution is -0.118. The van der Waals surface area contributed by atoms with Crippen LogP contribution < -0.4 is 10.1 Å². The molecule has 0 aliphatic rings. The van der Waals surface area contributed by atoms with E-state index in [1.165, 1.54) is 11.8 Å². The van der Waals surface area contributed by atoms with Crippen LogP contribution in [0, 0.1) is 6.92 Å². The third kappa shape index (κ3) is 4.52. The monoisotopic (exact) mass is 342 g/mol. The summed E-state index contributed by atoms with van der Waals surface area (Å²) in [6.45, 7) is 2.90. The van der Waals surface area contributed by atoms with Crippen molar-refractivity contribution in [2.24, 2.45) is 0 Å². The number of aryl methyl sites for hydroxylation is 1. The lowest BCUT2D eigenvalue weighted by atomic mass is 10.2. The van der Waals surface area contributed by atoms with Crippen molar-refractivity contribution in [2.75, 3.05) is 18.9 Å². The number of rotatable bonds is 7. The number of ether oxygens (including phenoxy) is 1. The van der Waals surface area contributed by atoms with E-state index in [1.807, 2.05) is 55.5 Å². The maximum absolute atomic E-state index is 11.8. The largest absolute Gasteiger partial charge is 0.492 e. The number of fused-ring (bicyclic) bond motifs is 1. The molecule has 0 aliphatic heterocycles. The van der Waals surface area contributed by atoms with Gasteiger partial charge in [-0.1, -0.05) is 36.0 Å². The predicted molar refractivity (Wildman–Crippen MR) is 94.4 cm³/mol. The van der Waals surface area contributed by atoms with Crippen LogP contribution in [0.4, 0.5) is 0 Å². The Morgan fingerprint density at radius 3 is 2.96 bits per heavy atom. The lowest BCUT2D eigenvalue weighted by Gasteiger charge is -2.07. The highest BCUT2D eigenvalue weighted by atomic mass is 32.2. The molecule has 5 nitrogen and oxygen atoms in total. The number of nitrogens with zero attached hydrogens (tertiary/aromatic N) is 1. The molecule has 1 amide bonds. The number of hydrogen-bond acceptors (Lipinski definition) is 5. The second kappa shape index (κ2) is 7.88. The van der Waals surface area contributed by atoms with E-state index in [9.17, 15) is 4.79 Å². The van der Waals surface area contributed by atoms with Crippen LogP contribution in [0.5, 0.6) is 5.75 Å². The summed E-state index contributed by atoms with van der Waals surface area (Å²) in [5.41, 5.74) is 2.67. The van der Waals surface area contributed by atoms with Crippen LogP contribution >= 0.6 is 11.8 Å². The minimum atomic E-state index is -0.0740. The van der Waals surface area contributed by atoms with Crippen molar-refractivity contribution >= 4 is 28.8 Å².